The van der Waals surface area contributed by atoms with E-state index in [0.717, 1.165) is 0 Å². The van der Waals surface area contributed by atoms with Crippen LogP contribution in [0.15, 0.2) is 6.20 Å². The number of nitrogens with zero attached hydrogens (tertiary/aromatic N) is 2. The molecule has 0 atom stereocenters. The Morgan fingerprint density at radius 2 is 2.13 bits per heavy atom. The molecule has 15 heavy (non-hydrogen) atoms. The maximum atomic E-state index is 13.9. The Bertz CT molecular complexity index is 533. The number of ether oxygens (including phenoxy) is 1. The number of pyridine rings is 1. The number of anilines is 1. The predicted octanol–water partition coefficient (Wildman–Crippen LogP) is 1.68. The fourth-order valence-electron chi connectivity index (χ4n) is 1.62. The summed E-state index contributed by atoms with van der Waals surface area (Å²) in [6.07, 6.45) is 1.71. The summed E-state index contributed by atoms with van der Waals surface area (Å²) >= 11 is 0. The van der Waals surface area contributed by atoms with Gasteiger partial charge in [-0.1, -0.05) is 0 Å². The van der Waals surface area contributed by atoms with Crippen molar-refractivity contribution >= 4 is 11.5 Å². The zero-order valence-corrected chi connectivity index (χ0v) is 8.84. The smallest absolute Gasteiger partial charge is 0.208 e. The van der Waals surface area contributed by atoms with E-state index >= 15 is 0 Å². The zero-order valence-electron chi connectivity index (χ0n) is 8.84. The highest BCUT2D eigenvalue weighted by Gasteiger charge is 2.16. The monoisotopic (exact) mass is 209 g/mol. The predicted molar refractivity (Wildman–Crippen MR) is 55.6 cm³/mol. The van der Waals surface area contributed by atoms with Crippen molar-refractivity contribution in [3.05, 3.63) is 23.3 Å². The number of nitrogen functional groups attached to an aromatic ring is 1. The van der Waals surface area contributed by atoms with E-state index in [1.807, 2.05) is 0 Å². The second-order valence-corrected chi connectivity index (χ2v) is 3.44. The number of methoxy groups -OCH3 is 1. The Kier molecular flexibility index (Phi) is 2.03. The molecule has 0 unspecified atom stereocenters. The van der Waals surface area contributed by atoms with Gasteiger partial charge in [-0.15, -0.1) is 0 Å². The summed E-state index contributed by atoms with van der Waals surface area (Å²) in [6, 6.07) is 0. The van der Waals surface area contributed by atoms with E-state index in [4.69, 9.17) is 10.5 Å². The summed E-state index contributed by atoms with van der Waals surface area (Å²) in [6.45, 7) is 3.50. The molecule has 0 spiro atoms. The maximum Gasteiger partial charge on any atom is 0.208 e. The Balaban J connectivity index is 2.90. The van der Waals surface area contributed by atoms with Gasteiger partial charge in [-0.25, -0.2) is 4.98 Å². The molecule has 0 saturated carbocycles. The SMILES string of the molecule is COc1c(C)cn2c(N)c(C)nc2c1F. The van der Waals surface area contributed by atoms with Gasteiger partial charge < -0.3 is 10.5 Å². The van der Waals surface area contributed by atoms with Crippen molar-refractivity contribution in [1.82, 2.24) is 9.38 Å². The van der Waals surface area contributed by atoms with Gasteiger partial charge in [0.15, 0.2) is 11.4 Å². The fourth-order valence-corrected chi connectivity index (χ4v) is 1.62. The Morgan fingerprint density at radius 1 is 1.47 bits per heavy atom. The van der Waals surface area contributed by atoms with Crippen molar-refractivity contribution in [3.63, 3.8) is 0 Å². The summed E-state index contributed by atoms with van der Waals surface area (Å²) in [5.74, 6) is 0.194. The second kappa shape index (κ2) is 3.12. The van der Waals surface area contributed by atoms with Crippen molar-refractivity contribution in [2.75, 3.05) is 12.8 Å². The molecule has 2 aromatic rings. The minimum atomic E-state index is -0.475. The number of hydrogen-bond acceptors (Lipinski definition) is 3. The van der Waals surface area contributed by atoms with Crippen LogP contribution in [0.4, 0.5) is 10.2 Å². The molecular formula is C10H12FN3O. The largest absolute Gasteiger partial charge is 0.493 e. The number of hydrogen-bond donors (Lipinski definition) is 1. The Morgan fingerprint density at radius 3 is 2.73 bits per heavy atom. The van der Waals surface area contributed by atoms with Gasteiger partial charge in [-0.3, -0.25) is 4.40 Å². The molecule has 0 aliphatic rings. The fraction of sp³-hybridized carbons (Fsp3) is 0.300. The average Bonchev–Trinajstić information content (AvgIpc) is 2.46. The second-order valence-electron chi connectivity index (χ2n) is 3.44. The lowest BCUT2D eigenvalue weighted by atomic mass is 10.3. The summed E-state index contributed by atoms with van der Waals surface area (Å²) in [4.78, 5) is 4.04. The molecule has 0 aliphatic heterocycles. The van der Waals surface area contributed by atoms with Gasteiger partial charge in [0.2, 0.25) is 5.82 Å². The first-order chi connectivity index (χ1) is 7.06. The van der Waals surface area contributed by atoms with E-state index in [0.29, 0.717) is 17.1 Å². The molecule has 2 rings (SSSR count). The van der Waals surface area contributed by atoms with Crippen LogP contribution < -0.4 is 10.5 Å². The molecule has 2 N–H and O–H groups in total. The number of halogens is 1. The minimum Gasteiger partial charge on any atom is -0.493 e. The number of aromatic nitrogens is 2. The van der Waals surface area contributed by atoms with Crippen LogP contribution in [0.25, 0.3) is 5.65 Å². The molecule has 5 heteroatoms. The molecule has 0 aromatic carbocycles. The molecule has 0 amide bonds. The zero-order chi connectivity index (χ0) is 11.2. The highest BCUT2D eigenvalue weighted by atomic mass is 19.1. The molecule has 0 aliphatic carbocycles. The van der Waals surface area contributed by atoms with Gasteiger partial charge in [0.05, 0.1) is 12.8 Å². The summed E-state index contributed by atoms with van der Waals surface area (Å²) in [7, 11) is 1.43. The van der Waals surface area contributed by atoms with Crippen LogP contribution >= 0.6 is 0 Å². The summed E-state index contributed by atoms with van der Waals surface area (Å²) < 4.78 is 20.4. The molecule has 2 aromatic heterocycles. The topological polar surface area (TPSA) is 52.5 Å². The standard InChI is InChI=1S/C10H12FN3O/c1-5-4-14-9(12)6(2)13-10(14)7(11)8(5)15-3/h4H,12H2,1-3H3. The lowest BCUT2D eigenvalue weighted by molar-refractivity contribution is 0.384. The summed E-state index contributed by atoms with van der Waals surface area (Å²) in [5.41, 5.74) is 7.26. The molecule has 0 radical (unpaired) electrons. The molecule has 0 saturated heterocycles. The number of nitrogens with two attached hydrogens (primary N) is 1. The quantitative estimate of drug-likeness (QED) is 0.777. The molecule has 2 heterocycles. The molecule has 80 valence electrons. The van der Waals surface area contributed by atoms with Gasteiger partial charge in [0.25, 0.3) is 0 Å². The number of aryl methyl sites for hydroxylation is 2. The third-order valence-corrected chi connectivity index (χ3v) is 2.41. The molecular weight excluding hydrogens is 197 g/mol. The first-order valence-electron chi connectivity index (χ1n) is 4.53. The van der Waals surface area contributed by atoms with E-state index in [-0.39, 0.29) is 11.4 Å². The summed E-state index contributed by atoms with van der Waals surface area (Å²) in [5, 5.41) is 0. The van der Waals surface area contributed by atoms with E-state index in [1.165, 1.54) is 11.5 Å². The van der Waals surface area contributed by atoms with E-state index < -0.39 is 5.82 Å². The highest BCUT2D eigenvalue weighted by Crippen LogP contribution is 2.27. The van der Waals surface area contributed by atoms with Gasteiger partial charge in [-0.2, -0.15) is 4.39 Å². The van der Waals surface area contributed by atoms with Crippen LogP contribution in [-0.4, -0.2) is 16.5 Å². The van der Waals surface area contributed by atoms with Crippen LogP contribution in [0.1, 0.15) is 11.3 Å². The lowest BCUT2D eigenvalue weighted by Crippen LogP contribution is -2.00. The Labute approximate surface area is 86.5 Å². The van der Waals surface area contributed by atoms with E-state index in [9.17, 15) is 4.39 Å². The van der Waals surface area contributed by atoms with Crippen molar-refractivity contribution in [3.8, 4) is 5.75 Å². The molecule has 4 nitrogen and oxygen atoms in total. The first-order valence-corrected chi connectivity index (χ1v) is 4.53. The van der Waals surface area contributed by atoms with Crippen LogP contribution in [0.5, 0.6) is 5.75 Å². The van der Waals surface area contributed by atoms with Crippen molar-refractivity contribution in [2.24, 2.45) is 0 Å². The number of imidazole rings is 1. The number of fused-ring (bicyclic) bond motifs is 1. The van der Waals surface area contributed by atoms with Gasteiger partial charge >= 0.3 is 0 Å². The molecule has 0 fully saturated rings. The normalized spacial score (nSPS) is 10.9. The highest BCUT2D eigenvalue weighted by molar-refractivity contribution is 5.58. The molecule has 0 bridgehead atoms. The third kappa shape index (κ3) is 1.23. The Hall–Kier alpha value is -1.78. The van der Waals surface area contributed by atoms with Gasteiger partial charge in [-0.05, 0) is 13.8 Å². The minimum absolute atomic E-state index is 0.201. The van der Waals surface area contributed by atoms with Crippen molar-refractivity contribution in [2.45, 2.75) is 13.8 Å². The van der Waals surface area contributed by atoms with Gasteiger partial charge in [0, 0.05) is 11.8 Å². The van der Waals surface area contributed by atoms with Crippen LogP contribution in [-0.2, 0) is 0 Å². The number of rotatable bonds is 1. The van der Waals surface area contributed by atoms with Gasteiger partial charge in [0.1, 0.15) is 5.82 Å². The van der Waals surface area contributed by atoms with Crippen LogP contribution in [0.2, 0.25) is 0 Å². The van der Waals surface area contributed by atoms with E-state index in [1.54, 1.807) is 20.0 Å². The third-order valence-electron chi connectivity index (χ3n) is 2.41. The van der Waals surface area contributed by atoms with Crippen molar-refractivity contribution in [1.29, 1.82) is 0 Å². The maximum absolute atomic E-state index is 13.9. The average molecular weight is 209 g/mol. The van der Waals surface area contributed by atoms with Crippen LogP contribution in [0, 0.1) is 19.7 Å². The lowest BCUT2D eigenvalue weighted by Gasteiger charge is -2.07. The van der Waals surface area contributed by atoms with Crippen LogP contribution in [0.3, 0.4) is 0 Å². The first kappa shape index (κ1) is 9.76. The van der Waals surface area contributed by atoms with E-state index in [2.05, 4.69) is 4.98 Å². The van der Waals surface area contributed by atoms with Crippen molar-refractivity contribution < 1.29 is 9.13 Å².